The van der Waals surface area contributed by atoms with Crippen molar-refractivity contribution in [3.05, 3.63) is 35.9 Å². The Morgan fingerprint density at radius 3 is 2.52 bits per heavy atom. The van der Waals surface area contributed by atoms with Crippen LogP contribution in [0.15, 0.2) is 30.3 Å². The first-order chi connectivity index (χ1) is 10.2. The van der Waals surface area contributed by atoms with E-state index in [1.807, 2.05) is 18.2 Å². The van der Waals surface area contributed by atoms with Crippen molar-refractivity contribution in [2.45, 2.75) is 50.5 Å². The van der Waals surface area contributed by atoms with Crippen molar-refractivity contribution in [3.8, 4) is 0 Å². The molecule has 1 saturated carbocycles. The van der Waals surface area contributed by atoms with E-state index in [1.165, 1.54) is 12.0 Å². The van der Waals surface area contributed by atoms with Crippen molar-refractivity contribution < 1.29 is 4.79 Å². The number of benzene rings is 1. The summed E-state index contributed by atoms with van der Waals surface area (Å²) in [5.74, 6) is 0.991. The van der Waals surface area contributed by atoms with Gasteiger partial charge in [0, 0.05) is 6.04 Å². The van der Waals surface area contributed by atoms with Crippen LogP contribution in [-0.2, 0) is 10.2 Å². The molecule has 2 N–H and O–H groups in total. The van der Waals surface area contributed by atoms with Crippen LogP contribution in [0, 0.1) is 5.92 Å². The average molecular weight is 286 g/mol. The minimum absolute atomic E-state index is 0.245. The summed E-state index contributed by atoms with van der Waals surface area (Å²) in [4.78, 5) is 13.0. The Kier molecular flexibility index (Phi) is 4.29. The van der Waals surface area contributed by atoms with E-state index in [9.17, 15) is 4.79 Å². The molecule has 1 aromatic rings. The Labute approximate surface area is 127 Å². The summed E-state index contributed by atoms with van der Waals surface area (Å²) >= 11 is 0. The second-order valence-corrected chi connectivity index (χ2v) is 6.79. The predicted octanol–water partition coefficient (Wildman–Crippen LogP) is 2.61. The second-order valence-electron chi connectivity index (χ2n) is 6.79. The third kappa shape index (κ3) is 2.98. The molecule has 114 valence electrons. The summed E-state index contributed by atoms with van der Waals surface area (Å²) in [5.41, 5.74) is 0.841. The molecule has 1 saturated heterocycles. The van der Waals surface area contributed by atoms with E-state index in [2.05, 4.69) is 29.7 Å². The standard InChI is InChI=1S/C18H26N2O/c1-14-7-8-16(13-14)20-17(21)18(9-11-19-12-10-18)15-5-3-2-4-6-15/h2-6,14,16,19H,7-13H2,1H3,(H,20,21). The van der Waals surface area contributed by atoms with Gasteiger partial charge in [0.2, 0.25) is 5.91 Å². The van der Waals surface area contributed by atoms with Crippen molar-refractivity contribution >= 4 is 5.91 Å². The topological polar surface area (TPSA) is 41.1 Å². The Hall–Kier alpha value is -1.35. The largest absolute Gasteiger partial charge is 0.353 e. The van der Waals surface area contributed by atoms with Gasteiger partial charge in [-0.1, -0.05) is 37.3 Å². The summed E-state index contributed by atoms with van der Waals surface area (Å²) < 4.78 is 0. The molecular weight excluding hydrogens is 260 g/mol. The number of carbonyl (C=O) groups is 1. The van der Waals surface area contributed by atoms with E-state index in [0.717, 1.165) is 44.7 Å². The first kappa shape index (κ1) is 14.6. The lowest BCUT2D eigenvalue weighted by atomic mass is 9.72. The van der Waals surface area contributed by atoms with Crippen molar-refractivity contribution in [3.63, 3.8) is 0 Å². The molecule has 1 aliphatic heterocycles. The summed E-state index contributed by atoms with van der Waals surface area (Å²) in [5, 5.41) is 6.74. The van der Waals surface area contributed by atoms with E-state index in [0.29, 0.717) is 6.04 Å². The first-order valence-electron chi connectivity index (χ1n) is 8.28. The van der Waals surface area contributed by atoms with E-state index in [1.54, 1.807) is 0 Å². The molecule has 3 nitrogen and oxygen atoms in total. The van der Waals surface area contributed by atoms with Crippen LogP contribution in [-0.4, -0.2) is 25.0 Å². The Balaban J connectivity index is 1.80. The van der Waals surface area contributed by atoms with Gasteiger partial charge in [-0.05, 0) is 56.7 Å². The van der Waals surface area contributed by atoms with Gasteiger partial charge in [0.15, 0.2) is 0 Å². The molecule has 3 heteroatoms. The molecule has 0 bridgehead atoms. The molecule has 1 amide bonds. The number of rotatable bonds is 3. The fourth-order valence-corrected chi connectivity index (χ4v) is 3.92. The van der Waals surface area contributed by atoms with Gasteiger partial charge in [0.05, 0.1) is 5.41 Å². The number of nitrogens with one attached hydrogen (secondary N) is 2. The number of hydrogen-bond acceptors (Lipinski definition) is 2. The smallest absolute Gasteiger partial charge is 0.230 e. The highest BCUT2D eigenvalue weighted by atomic mass is 16.2. The Bertz CT molecular complexity index is 479. The maximum absolute atomic E-state index is 13.0. The third-order valence-corrected chi connectivity index (χ3v) is 5.25. The molecule has 2 unspecified atom stereocenters. The summed E-state index contributed by atoms with van der Waals surface area (Å²) in [6.45, 7) is 4.12. The minimum Gasteiger partial charge on any atom is -0.353 e. The number of amides is 1. The Morgan fingerprint density at radius 1 is 1.19 bits per heavy atom. The highest BCUT2D eigenvalue weighted by Crippen LogP contribution is 2.35. The Morgan fingerprint density at radius 2 is 1.90 bits per heavy atom. The van der Waals surface area contributed by atoms with Crippen molar-refractivity contribution in [1.82, 2.24) is 10.6 Å². The zero-order chi connectivity index (χ0) is 14.7. The highest BCUT2D eigenvalue weighted by Gasteiger charge is 2.42. The van der Waals surface area contributed by atoms with Gasteiger partial charge in [0.25, 0.3) is 0 Å². The van der Waals surface area contributed by atoms with Crippen molar-refractivity contribution in [1.29, 1.82) is 0 Å². The second kappa shape index (κ2) is 6.18. The first-order valence-corrected chi connectivity index (χ1v) is 8.28. The molecule has 2 fully saturated rings. The zero-order valence-electron chi connectivity index (χ0n) is 12.9. The molecule has 2 aliphatic rings. The molecule has 2 atom stereocenters. The van der Waals surface area contributed by atoms with Crippen LogP contribution in [0.25, 0.3) is 0 Å². The van der Waals surface area contributed by atoms with Crippen LogP contribution in [0.3, 0.4) is 0 Å². The zero-order valence-corrected chi connectivity index (χ0v) is 12.9. The maximum Gasteiger partial charge on any atom is 0.230 e. The summed E-state index contributed by atoms with van der Waals surface area (Å²) in [7, 11) is 0. The number of hydrogen-bond donors (Lipinski definition) is 2. The van der Waals surface area contributed by atoms with Crippen LogP contribution in [0.1, 0.15) is 44.6 Å². The molecule has 0 spiro atoms. The van der Waals surface area contributed by atoms with Gasteiger partial charge in [0.1, 0.15) is 0 Å². The lowest BCUT2D eigenvalue weighted by Crippen LogP contribution is -2.52. The van der Waals surface area contributed by atoms with Crippen LogP contribution >= 0.6 is 0 Å². The van der Waals surface area contributed by atoms with Crippen molar-refractivity contribution in [2.24, 2.45) is 5.92 Å². The van der Waals surface area contributed by atoms with Gasteiger partial charge < -0.3 is 10.6 Å². The SMILES string of the molecule is CC1CCC(NC(=O)C2(c3ccccc3)CCNCC2)C1. The van der Waals surface area contributed by atoms with E-state index < -0.39 is 0 Å². The highest BCUT2D eigenvalue weighted by molar-refractivity contribution is 5.88. The van der Waals surface area contributed by atoms with Gasteiger partial charge >= 0.3 is 0 Å². The molecule has 0 radical (unpaired) electrons. The van der Waals surface area contributed by atoms with Crippen LogP contribution < -0.4 is 10.6 Å². The lowest BCUT2D eigenvalue weighted by Gasteiger charge is -2.37. The van der Waals surface area contributed by atoms with Crippen LogP contribution in [0.4, 0.5) is 0 Å². The predicted molar refractivity (Wildman–Crippen MR) is 85.2 cm³/mol. The molecule has 1 aliphatic carbocycles. The summed E-state index contributed by atoms with van der Waals surface area (Å²) in [6.07, 6.45) is 5.30. The number of piperidine rings is 1. The molecule has 1 aromatic carbocycles. The minimum atomic E-state index is -0.335. The van der Waals surface area contributed by atoms with Gasteiger partial charge in [-0.15, -0.1) is 0 Å². The normalized spacial score (nSPS) is 28.2. The fraction of sp³-hybridized carbons (Fsp3) is 0.611. The third-order valence-electron chi connectivity index (χ3n) is 5.25. The number of carbonyl (C=O) groups excluding carboxylic acids is 1. The monoisotopic (exact) mass is 286 g/mol. The van der Waals surface area contributed by atoms with E-state index in [-0.39, 0.29) is 11.3 Å². The van der Waals surface area contributed by atoms with Crippen molar-refractivity contribution in [2.75, 3.05) is 13.1 Å². The molecule has 3 rings (SSSR count). The molecule has 1 heterocycles. The van der Waals surface area contributed by atoms with Gasteiger partial charge in [-0.25, -0.2) is 0 Å². The average Bonchev–Trinajstić information content (AvgIpc) is 2.94. The molecular formula is C18H26N2O. The van der Waals surface area contributed by atoms with E-state index in [4.69, 9.17) is 0 Å². The summed E-state index contributed by atoms with van der Waals surface area (Å²) in [6, 6.07) is 10.7. The maximum atomic E-state index is 13.0. The quantitative estimate of drug-likeness (QED) is 0.897. The molecule has 21 heavy (non-hydrogen) atoms. The van der Waals surface area contributed by atoms with Crippen LogP contribution in [0.5, 0.6) is 0 Å². The fourth-order valence-electron chi connectivity index (χ4n) is 3.92. The van der Waals surface area contributed by atoms with Gasteiger partial charge in [-0.2, -0.15) is 0 Å². The lowest BCUT2D eigenvalue weighted by molar-refractivity contribution is -0.128. The van der Waals surface area contributed by atoms with Crippen LogP contribution in [0.2, 0.25) is 0 Å². The van der Waals surface area contributed by atoms with Gasteiger partial charge in [-0.3, -0.25) is 4.79 Å². The van der Waals surface area contributed by atoms with E-state index >= 15 is 0 Å². The molecule has 0 aromatic heterocycles.